The van der Waals surface area contributed by atoms with E-state index in [1.165, 1.54) is 0 Å². The van der Waals surface area contributed by atoms with Crippen molar-refractivity contribution in [2.75, 3.05) is 13.1 Å². The minimum atomic E-state index is -1.10. The summed E-state index contributed by atoms with van der Waals surface area (Å²) in [4.78, 5) is 28.6. The molecular weight excluding hydrogens is 240 g/mol. The van der Waals surface area contributed by atoms with Gasteiger partial charge in [0, 0.05) is 19.2 Å². The van der Waals surface area contributed by atoms with Crippen molar-refractivity contribution < 1.29 is 14.7 Å². The highest BCUT2D eigenvalue weighted by Gasteiger charge is 2.32. The number of carbonyl (C=O) groups is 2. The third-order valence-electron chi connectivity index (χ3n) is 2.06. The van der Waals surface area contributed by atoms with Crippen LogP contribution < -0.4 is 0 Å². The number of carboxylic acids is 1. The molecular formula is C11H16N2O3S. The van der Waals surface area contributed by atoms with Gasteiger partial charge in [0.25, 0.3) is 5.91 Å². The van der Waals surface area contributed by atoms with E-state index >= 15 is 0 Å². The van der Waals surface area contributed by atoms with Gasteiger partial charge in [-0.3, -0.25) is 14.7 Å². The van der Waals surface area contributed by atoms with Crippen LogP contribution in [0.15, 0.2) is 16.0 Å². The maximum absolute atomic E-state index is 11.9. The summed E-state index contributed by atoms with van der Waals surface area (Å²) in [7, 11) is 0. The molecule has 0 bridgehead atoms. The number of thioether (sulfide) groups is 1. The second kappa shape index (κ2) is 6.44. The summed E-state index contributed by atoms with van der Waals surface area (Å²) in [5, 5.41) is 9.29. The van der Waals surface area contributed by atoms with E-state index in [1.54, 1.807) is 4.90 Å². The molecule has 94 valence electrons. The molecule has 1 amide bonds. The van der Waals surface area contributed by atoms with Crippen LogP contribution in [0.25, 0.3) is 0 Å². The molecule has 0 aliphatic carbocycles. The zero-order chi connectivity index (χ0) is 12.8. The van der Waals surface area contributed by atoms with Gasteiger partial charge in [0.2, 0.25) is 0 Å². The highest BCUT2D eigenvalue weighted by Crippen LogP contribution is 2.30. The molecule has 0 unspecified atom stereocenters. The Bertz CT molecular complexity index is 377. The average Bonchev–Trinajstić information content (AvgIpc) is 2.55. The van der Waals surface area contributed by atoms with Crippen molar-refractivity contribution in [3.63, 3.8) is 0 Å². The molecule has 6 heteroatoms. The van der Waals surface area contributed by atoms with Crippen molar-refractivity contribution in [3.05, 3.63) is 11.0 Å². The number of hydrogen-bond donors (Lipinski definition) is 1. The lowest BCUT2D eigenvalue weighted by molar-refractivity contribution is -0.132. The third-order valence-corrected chi connectivity index (χ3v) is 3.10. The molecule has 0 saturated carbocycles. The molecule has 0 radical (unpaired) electrons. The van der Waals surface area contributed by atoms with Crippen LogP contribution in [0.2, 0.25) is 0 Å². The fraction of sp³-hybridized carbons (Fsp3) is 0.545. The van der Waals surface area contributed by atoms with Gasteiger partial charge in [0.05, 0.1) is 4.91 Å². The number of nitrogens with zero attached hydrogens (tertiary/aromatic N) is 2. The van der Waals surface area contributed by atoms with Gasteiger partial charge in [-0.25, -0.2) is 4.79 Å². The summed E-state index contributed by atoms with van der Waals surface area (Å²) in [5.41, 5.74) is 0. The van der Waals surface area contributed by atoms with E-state index in [4.69, 9.17) is 5.11 Å². The lowest BCUT2D eigenvalue weighted by Gasteiger charge is -2.13. The molecule has 0 aromatic heterocycles. The smallest absolute Gasteiger partial charge is 0.329 e. The Hall–Kier alpha value is -1.30. The van der Waals surface area contributed by atoms with Crippen LogP contribution in [0.4, 0.5) is 0 Å². The molecule has 5 nitrogen and oxygen atoms in total. The Labute approximate surface area is 105 Å². The van der Waals surface area contributed by atoms with Gasteiger partial charge in [-0.1, -0.05) is 13.8 Å². The molecule has 0 aromatic rings. The monoisotopic (exact) mass is 256 g/mol. The summed E-state index contributed by atoms with van der Waals surface area (Å²) < 4.78 is 0. The maximum Gasteiger partial charge on any atom is 0.329 e. The van der Waals surface area contributed by atoms with Crippen LogP contribution >= 0.6 is 11.8 Å². The molecule has 0 atom stereocenters. The van der Waals surface area contributed by atoms with Crippen molar-refractivity contribution in [1.82, 2.24) is 4.90 Å². The molecule has 1 saturated heterocycles. The minimum Gasteiger partial charge on any atom is -0.478 e. The Balaban J connectivity index is 2.92. The molecule has 1 aliphatic rings. The van der Waals surface area contributed by atoms with E-state index in [9.17, 15) is 9.59 Å². The Morgan fingerprint density at radius 1 is 1.47 bits per heavy atom. The highest BCUT2D eigenvalue weighted by molar-refractivity contribution is 8.18. The van der Waals surface area contributed by atoms with Crippen molar-refractivity contribution in [2.45, 2.75) is 26.7 Å². The number of amidine groups is 1. The van der Waals surface area contributed by atoms with E-state index in [0.717, 1.165) is 30.7 Å². The number of aliphatic imine (C=N–C) groups is 1. The van der Waals surface area contributed by atoms with Crippen molar-refractivity contribution in [1.29, 1.82) is 0 Å². The first-order valence-electron chi connectivity index (χ1n) is 5.58. The molecule has 1 fully saturated rings. The molecule has 1 N–H and O–H groups in total. The van der Waals surface area contributed by atoms with Crippen LogP contribution in [0.3, 0.4) is 0 Å². The second-order valence-corrected chi connectivity index (χ2v) is 4.58. The second-order valence-electron chi connectivity index (χ2n) is 3.57. The number of rotatable bonds is 5. The first-order valence-corrected chi connectivity index (χ1v) is 6.40. The predicted molar refractivity (Wildman–Crippen MR) is 67.9 cm³/mol. The number of carboxylic acid groups (broad SMARTS) is 1. The van der Waals surface area contributed by atoms with Crippen LogP contribution in [-0.2, 0) is 9.59 Å². The lowest BCUT2D eigenvalue weighted by Crippen LogP contribution is -2.30. The Kier molecular flexibility index (Phi) is 5.21. The summed E-state index contributed by atoms with van der Waals surface area (Å²) in [5.74, 6) is -1.36. The quantitative estimate of drug-likeness (QED) is 0.760. The fourth-order valence-electron chi connectivity index (χ4n) is 1.37. The zero-order valence-electron chi connectivity index (χ0n) is 9.97. The van der Waals surface area contributed by atoms with Crippen LogP contribution in [-0.4, -0.2) is 40.1 Å². The van der Waals surface area contributed by atoms with E-state index in [2.05, 4.69) is 4.99 Å². The van der Waals surface area contributed by atoms with Gasteiger partial charge in [-0.15, -0.1) is 0 Å². The van der Waals surface area contributed by atoms with Gasteiger partial charge in [0.15, 0.2) is 5.17 Å². The lowest BCUT2D eigenvalue weighted by atomic mass is 10.4. The van der Waals surface area contributed by atoms with Crippen LogP contribution in [0, 0.1) is 0 Å². The zero-order valence-corrected chi connectivity index (χ0v) is 10.8. The minimum absolute atomic E-state index is 0.237. The summed E-state index contributed by atoms with van der Waals surface area (Å²) in [6.07, 6.45) is 2.66. The van der Waals surface area contributed by atoms with E-state index in [-0.39, 0.29) is 10.8 Å². The summed E-state index contributed by atoms with van der Waals surface area (Å²) in [6.45, 7) is 5.19. The molecule has 1 rings (SSSR count). The van der Waals surface area contributed by atoms with Gasteiger partial charge < -0.3 is 5.11 Å². The topological polar surface area (TPSA) is 70.0 Å². The van der Waals surface area contributed by atoms with Gasteiger partial charge >= 0.3 is 5.97 Å². The first-order chi connectivity index (χ1) is 8.10. The van der Waals surface area contributed by atoms with Gasteiger partial charge in [0.1, 0.15) is 0 Å². The van der Waals surface area contributed by atoms with Crippen LogP contribution in [0.5, 0.6) is 0 Å². The van der Waals surface area contributed by atoms with Gasteiger partial charge in [-0.05, 0) is 24.6 Å². The average molecular weight is 256 g/mol. The molecule has 0 spiro atoms. The Morgan fingerprint density at radius 2 is 2.18 bits per heavy atom. The predicted octanol–water partition coefficient (Wildman–Crippen LogP) is 1.71. The normalized spacial score (nSPS) is 20.6. The number of amides is 1. The number of aliphatic carboxylic acids is 1. The third kappa shape index (κ3) is 3.59. The summed E-state index contributed by atoms with van der Waals surface area (Å²) in [6, 6.07) is 0. The molecule has 1 aliphatic heterocycles. The van der Waals surface area contributed by atoms with Crippen LogP contribution in [0.1, 0.15) is 26.7 Å². The fourth-order valence-corrected chi connectivity index (χ4v) is 2.36. The van der Waals surface area contributed by atoms with E-state index in [1.807, 2.05) is 13.8 Å². The highest BCUT2D eigenvalue weighted by atomic mass is 32.2. The first kappa shape index (κ1) is 13.8. The van der Waals surface area contributed by atoms with E-state index in [0.29, 0.717) is 18.3 Å². The van der Waals surface area contributed by atoms with Crippen molar-refractivity contribution in [3.8, 4) is 0 Å². The van der Waals surface area contributed by atoms with Crippen molar-refractivity contribution >= 4 is 28.8 Å². The Morgan fingerprint density at radius 3 is 2.71 bits per heavy atom. The molecule has 17 heavy (non-hydrogen) atoms. The molecule has 0 aromatic carbocycles. The van der Waals surface area contributed by atoms with Crippen molar-refractivity contribution in [2.24, 2.45) is 4.99 Å². The number of hydrogen-bond acceptors (Lipinski definition) is 4. The standard InChI is InChI=1S/C11H16N2O3S/c1-3-5-12-11-13(6-4-2)10(16)8(17-11)7-9(14)15/h7H,3-6H2,1-2H3,(H,14,15)/b8-7-,12-11-. The largest absolute Gasteiger partial charge is 0.478 e. The SMILES string of the molecule is CCC/N=C1\S/C(=C\C(=O)O)C(=O)N1CCC. The summed E-state index contributed by atoms with van der Waals surface area (Å²) >= 11 is 1.14. The maximum atomic E-state index is 11.9. The van der Waals surface area contributed by atoms with Gasteiger partial charge in [-0.2, -0.15) is 0 Å². The number of carbonyl (C=O) groups excluding carboxylic acids is 1. The van der Waals surface area contributed by atoms with E-state index < -0.39 is 5.97 Å². The molecule has 1 heterocycles.